The molecule has 5 heteroatoms. The Morgan fingerprint density at radius 3 is 2.19 bits per heavy atom. The van der Waals surface area contributed by atoms with Crippen LogP contribution in [0, 0.1) is 19.3 Å². The third-order valence-corrected chi connectivity index (χ3v) is 4.87. The van der Waals surface area contributed by atoms with E-state index in [4.69, 9.17) is 0 Å². The second-order valence-corrected chi connectivity index (χ2v) is 7.16. The van der Waals surface area contributed by atoms with Crippen LogP contribution in [0.25, 0.3) is 10.9 Å². The number of nitrogens with one attached hydrogen (secondary N) is 2. The Hall–Kier alpha value is -3.21. The number of nitrogens with zero attached hydrogens (tertiary/aromatic N) is 1. The Morgan fingerprint density at radius 2 is 1.44 bits per heavy atom. The second kappa shape index (κ2) is 7.19. The molecule has 5 nitrogen and oxygen atoms in total. The predicted molar refractivity (Wildman–Crippen MR) is 109 cm³/mol. The molecule has 0 radical (unpaired) electrons. The van der Waals surface area contributed by atoms with Crippen LogP contribution in [0.3, 0.4) is 0 Å². The highest BCUT2D eigenvalue weighted by atomic mass is 16.2. The Kier molecular flexibility index (Phi) is 4.95. The summed E-state index contributed by atoms with van der Waals surface area (Å²) < 4.78 is 0. The lowest BCUT2D eigenvalue weighted by atomic mass is 9.90. The maximum absolute atomic E-state index is 12.9. The standard InChI is InChI=1S/C22H23N3O2/c1-14-8-5-11-17(15(14)2)24-20(26)22(3,4)21(27)25-18-12-6-9-16-10-7-13-23-19(16)18/h5-13H,1-4H3,(H,24,26)(H,25,27). The fraction of sp³-hybridized carbons (Fsp3) is 0.227. The Bertz CT molecular complexity index is 1020. The monoisotopic (exact) mass is 361 g/mol. The van der Waals surface area contributed by atoms with E-state index in [2.05, 4.69) is 15.6 Å². The molecule has 0 saturated carbocycles. The molecule has 2 N–H and O–H groups in total. The summed E-state index contributed by atoms with van der Waals surface area (Å²) in [5, 5.41) is 6.66. The van der Waals surface area contributed by atoms with E-state index in [0.29, 0.717) is 16.9 Å². The van der Waals surface area contributed by atoms with Gasteiger partial charge in [-0.15, -0.1) is 0 Å². The van der Waals surface area contributed by atoms with Gasteiger partial charge in [0, 0.05) is 17.3 Å². The molecular formula is C22H23N3O2. The van der Waals surface area contributed by atoms with Gasteiger partial charge in [-0.05, 0) is 57.0 Å². The van der Waals surface area contributed by atoms with Crippen LogP contribution in [0.2, 0.25) is 0 Å². The van der Waals surface area contributed by atoms with E-state index in [1.807, 2.05) is 56.3 Å². The van der Waals surface area contributed by atoms with E-state index < -0.39 is 5.41 Å². The number of para-hydroxylation sites is 1. The number of amides is 2. The van der Waals surface area contributed by atoms with Crippen molar-refractivity contribution in [1.82, 2.24) is 4.98 Å². The molecule has 0 aliphatic carbocycles. The molecule has 2 aromatic carbocycles. The lowest BCUT2D eigenvalue weighted by molar-refractivity contribution is -0.135. The number of pyridine rings is 1. The van der Waals surface area contributed by atoms with Crippen molar-refractivity contribution in [3.8, 4) is 0 Å². The number of benzene rings is 2. The maximum atomic E-state index is 12.9. The number of hydrogen-bond donors (Lipinski definition) is 2. The van der Waals surface area contributed by atoms with Crippen LogP contribution in [0.1, 0.15) is 25.0 Å². The van der Waals surface area contributed by atoms with Crippen LogP contribution in [0.4, 0.5) is 11.4 Å². The largest absolute Gasteiger partial charge is 0.325 e. The van der Waals surface area contributed by atoms with Crippen LogP contribution in [-0.2, 0) is 9.59 Å². The quantitative estimate of drug-likeness (QED) is 0.674. The van der Waals surface area contributed by atoms with Gasteiger partial charge in [0.05, 0.1) is 11.2 Å². The van der Waals surface area contributed by atoms with Gasteiger partial charge in [-0.1, -0.05) is 30.3 Å². The van der Waals surface area contributed by atoms with Gasteiger partial charge in [0.15, 0.2) is 0 Å². The average molecular weight is 361 g/mol. The molecule has 0 unspecified atom stereocenters. The first kappa shape index (κ1) is 18.6. The van der Waals surface area contributed by atoms with Gasteiger partial charge in [0.2, 0.25) is 11.8 Å². The molecule has 0 aliphatic heterocycles. The fourth-order valence-corrected chi connectivity index (χ4v) is 2.75. The minimum absolute atomic E-state index is 0.359. The number of aromatic nitrogens is 1. The summed E-state index contributed by atoms with van der Waals surface area (Å²) in [4.78, 5) is 30.0. The first-order valence-electron chi connectivity index (χ1n) is 8.83. The Balaban J connectivity index is 1.82. The first-order chi connectivity index (χ1) is 12.8. The summed E-state index contributed by atoms with van der Waals surface area (Å²) >= 11 is 0. The molecule has 0 fully saturated rings. The number of carbonyl (C=O) groups excluding carboxylic acids is 2. The van der Waals surface area contributed by atoms with Gasteiger partial charge >= 0.3 is 0 Å². The zero-order valence-electron chi connectivity index (χ0n) is 16.0. The van der Waals surface area contributed by atoms with Crippen LogP contribution in [0.5, 0.6) is 0 Å². The number of rotatable bonds is 4. The molecule has 0 atom stereocenters. The van der Waals surface area contributed by atoms with Crippen molar-refractivity contribution in [3.05, 3.63) is 65.9 Å². The molecule has 1 aromatic heterocycles. The maximum Gasteiger partial charge on any atom is 0.239 e. The minimum atomic E-state index is -1.26. The van der Waals surface area contributed by atoms with Gasteiger partial charge in [0.1, 0.15) is 5.41 Å². The lowest BCUT2D eigenvalue weighted by Crippen LogP contribution is -2.41. The fourth-order valence-electron chi connectivity index (χ4n) is 2.75. The highest BCUT2D eigenvalue weighted by Gasteiger charge is 2.36. The summed E-state index contributed by atoms with van der Waals surface area (Å²) in [6.45, 7) is 7.15. The third-order valence-electron chi connectivity index (χ3n) is 4.87. The highest BCUT2D eigenvalue weighted by Crippen LogP contribution is 2.26. The normalized spacial score (nSPS) is 11.3. The SMILES string of the molecule is Cc1cccc(NC(=O)C(C)(C)C(=O)Nc2cccc3cccnc23)c1C. The molecule has 27 heavy (non-hydrogen) atoms. The number of fused-ring (bicyclic) bond motifs is 1. The lowest BCUT2D eigenvalue weighted by Gasteiger charge is -2.23. The number of hydrogen-bond acceptors (Lipinski definition) is 3. The molecule has 1 heterocycles. The Morgan fingerprint density at radius 1 is 0.852 bits per heavy atom. The van der Waals surface area contributed by atoms with Gasteiger partial charge in [0.25, 0.3) is 0 Å². The van der Waals surface area contributed by atoms with Gasteiger partial charge in [-0.3, -0.25) is 14.6 Å². The molecule has 0 aliphatic rings. The van der Waals surface area contributed by atoms with Crippen molar-refractivity contribution >= 4 is 34.1 Å². The summed E-state index contributed by atoms with van der Waals surface area (Å²) in [6, 6.07) is 15.0. The van der Waals surface area contributed by atoms with Crippen molar-refractivity contribution < 1.29 is 9.59 Å². The van der Waals surface area contributed by atoms with Crippen molar-refractivity contribution in [2.45, 2.75) is 27.7 Å². The molecule has 0 bridgehead atoms. The topological polar surface area (TPSA) is 71.1 Å². The van der Waals surface area contributed by atoms with E-state index in [0.717, 1.165) is 16.5 Å². The molecule has 3 aromatic rings. The van der Waals surface area contributed by atoms with Gasteiger partial charge < -0.3 is 10.6 Å². The molecule has 2 amide bonds. The van der Waals surface area contributed by atoms with Crippen molar-refractivity contribution in [1.29, 1.82) is 0 Å². The van der Waals surface area contributed by atoms with E-state index in [1.54, 1.807) is 26.1 Å². The van der Waals surface area contributed by atoms with E-state index in [1.165, 1.54) is 0 Å². The molecule has 0 spiro atoms. The van der Waals surface area contributed by atoms with E-state index in [9.17, 15) is 9.59 Å². The minimum Gasteiger partial charge on any atom is -0.325 e. The molecule has 3 rings (SSSR count). The van der Waals surface area contributed by atoms with Crippen molar-refractivity contribution in [2.24, 2.45) is 5.41 Å². The zero-order chi connectivity index (χ0) is 19.6. The Labute approximate surface area is 158 Å². The predicted octanol–water partition coefficient (Wildman–Crippen LogP) is 4.46. The van der Waals surface area contributed by atoms with Crippen LogP contribution >= 0.6 is 0 Å². The summed E-state index contributed by atoms with van der Waals surface area (Å²) in [6.07, 6.45) is 1.68. The first-order valence-corrected chi connectivity index (χ1v) is 8.83. The van der Waals surface area contributed by atoms with Crippen molar-refractivity contribution in [2.75, 3.05) is 10.6 Å². The van der Waals surface area contributed by atoms with Crippen LogP contribution < -0.4 is 10.6 Å². The summed E-state index contributed by atoms with van der Waals surface area (Å²) in [5.41, 5.74) is 2.81. The summed E-state index contributed by atoms with van der Waals surface area (Å²) in [7, 11) is 0. The number of aryl methyl sites for hydroxylation is 1. The molecule has 138 valence electrons. The van der Waals surface area contributed by atoms with Crippen molar-refractivity contribution in [3.63, 3.8) is 0 Å². The second-order valence-electron chi connectivity index (χ2n) is 7.16. The number of anilines is 2. The van der Waals surface area contributed by atoms with Crippen LogP contribution in [-0.4, -0.2) is 16.8 Å². The van der Waals surface area contributed by atoms with Gasteiger partial charge in [-0.25, -0.2) is 0 Å². The smallest absolute Gasteiger partial charge is 0.239 e. The summed E-state index contributed by atoms with van der Waals surface area (Å²) in [5.74, 6) is -0.745. The molecular weight excluding hydrogens is 338 g/mol. The molecule has 0 saturated heterocycles. The van der Waals surface area contributed by atoms with Crippen LogP contribution in [0.15, 0.2) is 54.7 Å². The van der Waals surface area contributed by atoms with Gasteiger partial charge in [-0.2, -0.15) is 0 Å². The van der Waals surface area contributed by atoms with E-state index >= 15 is 0 Å². The average Bonchev–Trinajstić information content (AvgIpc) is 2.65. The highest BCUT2D eigenvalue weighted by molar-refractivity contribution is 6.15. The number of carbonyl (C=O) groups is 2. The zero-order valence-corrected chi connectivity index (χ0v) is 16.0. The third kappa shape index (κ3) is 3.67. The van der Waals surface area contributed by atoms with E-state index in [-0.39, 0.29) is 11.8 Å².